The van der Waals surface area contributed by atoms with E-state index in [1.165, 1.54) is 13.2 Å². The SMILES string of the molecule is COC(=O)C1CCCCN1c1ccc(C#N)cc1F. The Labute approximate surface area is 111 Å². The van der Waals surface area contributed by atoms with Crippen molar-refractivity contribution >= 4 is 11.7 Å². The van der Waals surface area contributed by atoms with Gasteiger partial charge in [0.2, 0.25) is 0 Å². The average Bonchev–Trinajstić information content (AvgIpc) is 2.46. The third-order valence-electron chi connectivity index (χ3n) is 3.36. The van der Waals surface area contributed by atoms with Gasteiger partial charge in [0, 0.05) is 6.54 Å². The van der Waals surface area contributed by atoms with Gasteiger partial charge in [0.1, 0.15) is 11.9 Å². The minimum absolute atomic E-state index is 0.271. The smallest absolute Gasteiger partial charge is 0.328 e. The first-order valence-electron chi connectivity index (χ1n) is 6.21. The van der Waals surface area contributed by atoms with E-state index in [9.17, 15) is 9.18 Å². The predicted octanol–water partition coefficient (Wildman–Crippen LogP) is 2.23. The summed E-state index contributed by atoms with van der Waals surface area (Å²) in [6, 6.07) is 5.75. The second kappa shape index (κ2) is 5.70. The van der Waals surface area contributed by atoms with Crippen molar-refractivity contribution in [1.82, 2.24) is 0 Å². The lowest BCUT2D eigenvalue weighted by molar-refractivity contribution is -0.142. The molecule has 0 N–H and O–H groups in total. The van der Waals surface area contributed by atoms with Crippen LogP contribution in [0.1, 0.15) is 24.8 Å². The molecule has 1 unspecified atom stereocenters. The van der Waals surface area contributed by atoms with Crippen LogP contribution in [-0.2, 0) is 9.53 Å². The van der Waals surface area contributed by atoms with E-state index in [0.29, 0.717) is 18.7 Å². The maximum atomic E-state index is 14.0. The van der Waals surface area contributed by atoms with Crippen LogP contribution in [0.3, 0.4) is 0 Å². The molecule has 1 atom stereocenters. The number of nitriles is 1. The van der Waals surface area contributed by atoms with Crippen LogP contribution in [0.5, 0.6) is 0 Å². The molecule has 0 bridgehead atoms. The number of esters is 1. The van der Waals surface area contributed by atoms with Gasteiger partial charge in [-0.05, 0) is 37.5 Å². The van der Waals surface area contributed by atoms with E-state index in [1.807, 2.05) is 6.07 Å². The third-order valence-corrected chi connectivity index (χ3v) is 3.36. The Morgan fingerprint density at radius 3 is 2.95 bits per heavy atom. The van der Waals surface area contributed by atoms with Crippen LogP contribution < -0.4 is 4.90 Å². The first-order chi connectivity index (χ1) is 9.17. The average molecular weight is 262 g/mol. The number of benzene rings is 1. The number of anilines is 1. The van der Waals surface area contributed by atoms with E-state index in [-0.39, 0.29) is 11.5 Å². The normalized spacial score (nSPS) is 18.8. The number of ether oxygens (including phenoxy) is 1. The number of rotatable bonds is 2. The van der Waals surface area contributed by atoms with Gasteiger partial charge in [-0.1, -0.05) is 0 Å². The molecule has 2 rings (SSSR count). The van der Waals surface area contributed by atoms with E-state index in [4.69, 9.17) is 10.00 Å². The summed E-state index contributed by atoms with van der Waals surface area (Å²) in [5.74, 6) is -0.821. The van der Waals surface area contributed by atoms with Crippen molar-refractivity contribution in [1.29, 1.82) is 5.26 Å². The zero-order chi connectivity index (χ0) is 13.8. The highest BCUT2D eigenvalue weighted by atomic mass is 19.1. The monoisotopic (exact) mass is 262 g/mol. The highest BCUT2D eigenvalue weighted by Gasteiger charge is 2.31. The van der Waals surface area contributed by atoms with Crippen LogP contribution in [-0.4, -0.2) is 25.7 Å². The Morgan fingerprint density at radius 2 is 2.32 bits per heavy atom. The summed E-state index contributed by atoms with van der Waals surface area (Å²) in [6.07, 6.45) is 2.49. The van der Waals surface area contributed by atoms with Gasteiger partial charge in [-0.15, -0.1) is 0 Å². The maximum absolute atomic E-state index is 14.0. The lowest BCUT2D eigenvalue weighted by Gasteiger charge is -2.35. The molecule has 100 valence electrons. The molecule has 0 aromatic heterocycles. The van der Waals surface area contributed by atoms with Crippen LogP contribution >= 0.6 is 0 Å². The summed E-state index contributed by atoms with van der Waals surface area (Å²) in [5, 5.41) is 8.74. The van der Waals surface area contributed by atoms with E-state index >= 15 is 0 Å². The summed E-state index contributed by atoms with van der Waals surface area (Å²) in [6.45, 7) is 0.614. The Hall–Kier alpha value is -2.09. The number of methoxy groups -OCH3 is 1. The van der Waals surface area contributed by atoms with Gasteiger partial charge in [-0.25, -0.2) is 9.18 Å². The fourth-order valence-electron chi connectivity index (χ4n) is 2.41. The molecule has 19 heavy (non-hydrogen) atoms. The minimum Gasteiger partial charge on any atom is -0.467 e. The number of hydrogen-bond acceptors (Lipinski definition) is 4. The molecule has 0 saturated carbocycles. The van der Waals surface area contributed by atoms with E-state index in [2.05, 4.69) is 0 Å². The summed E-state index contributed by atoms with van der Waals surface area (Å²) < 4.78 is 18.8. The first-order valence-corrected chi connectivity index (χ1v) is 6.21. The minimum atomic E-state index is -0.477. The number of carbonyl (C=O) groups excluding carboxylic acids is 1. The molecule has 4 nitrogen and oxygen atoms in total. The van der Waals surface area contributed by atoms with E-state index < -0.39 is 11.9 Å². The van der Waals surface area contributed by atoms with E-state index in [0.717, 1.165) is 12.8 Å². The van der Waals surface area contributed by atoms with Gasteiger partial charge in [-0.3, -0.25) is 0 Å². The number of carbonyl (C=O) groups is 1. The third kappa shape index (κ3) is 2.68. The van der Waals surface area contributed by atoms with Crippen LogP contribution in [0.2, 0.25) is 0 Å². The number of halogens is 1. The number of hydrogen-bond donors (Lipinski definition) is 0. The van der Waals surface area contributed by atoms with Gasteiger partial charge < -0.3 is 9.64 Å². The highest BCUT2D eigenvalue weighted by Crippen LogP contribution is 2.28. The zero-order valence-electron chi connectivity index (χ0n) is 10.7. The molecule has 1 heterocycles. The quantitative estimate of drug-likeness (QED) is 0.767. The van der Waals surface area contributed by atoms with Gasteiger partial charge in [0.25, 0.3) is 0 Å². The fraction of sp³-hybridized carbons (Fsp3) is 0.429. The van der Waals surface area contributed by atoms with E-state index in [1.54, 1.807) is 17.0 Å². The van der Waals surface area contributed by atoms with Crippen LogP contribution in [0.4, 0.5) is 10.1 Å². The topological polar surface area (TPSA) is 53.3 Å². The molecule has 0 spiro atoms. The van der Waals surface area contributed by atoms with Crippen molar-refractivity contribution in [3.8, 4) is 6.07 Å². The largest absolute Gasteiger partial charge is 0.467 e. The fourth-order valence-corrected chi connectivity index (χ4v) is 2.41. The Morgan fingerprint density at radius 1 is 1.53 bits per heavy atom. The lowest BCUT2D eigenvalue weighted by Crippen LogP contribution is -2.45. The molecule has 1 aromatic rings. The summed E-state index contributed by atoms with van der Waals surface area (Å²) in [7, 11) is 1.34. The van der Waals surface area contributed by atoms with Crippen LogP contribution in [0.15, 0.2) is 18.2 Å². The molecule has 1 aliphatic heterocycles. The summed E-state index contributed by atoms with van der Waals surface area (Å²) in [5.41, 5.74) is 0.627. The van der Waals surface area contributed by atoms with Gasteiger partial charge in [-0.2, -0.15) is 5.26 Å². The molecule has 0 aliphatic carbocycles. The Balaban J connectivity index is 2.32. The standard InChI is InChI=1S/C14H15FN2O2/c1-19-14(18)13-4-2-3-7-17(13)12-6-5-10(9-16)8-11(12)15/h5-6,8,13H,2-4,7H2,1H3. The molecular formula is C14H15FN2O2. The molecule has 5 heteroatoms. The molecule has 0 amide bonds. The van der Waals surface area contributed by atoms with Gasteiger partial charge in [0.05, 0.1) is 24.4 Å². The van der Waals surface area contributed by atoms with Crippen molar-refractivity contribution in [3.63, 3.8) is 0 Å². The predicted molar refractivity (Wildman–Crippen MR) is 68.1 cm³/mol. The summed E-state index contributed by atoms with van der Waals surface area (Å²) >= 11 is 0. The second-order valence-electron chi connectivity index (χ2n) is 4.51. The van der Waals surface area contributed by atoms with Crippen LogP contribution in [0, 0.1) is 17.1 Å². The second-order valence-corrected chi connectivity index (χ2v) is 4.51. The number of piperidine rings is 1. The first kappa shape index (κ1) is 13.3. The Bertz CT molecular complexity index is 525. The Kier molecular flexibility index (Phi) is 4.00. The summed E-state index contributed by atoms with van der Waals surface area (Å²) in [4.78, 5) is 13.5. The van der Waals surface area contributed by atoms with Crippen molar-refractivity contribution in [3.05, 3.63) is 29.6 Å². The van der Waals surface area contributed by atoms with Crippen molar-refractivity contribution in [2.75, 3.05) is 18.6 Å². The van der Waals surface area contributed by atoms with Crippen LogP contribution in [0.25, 0.3) is 0 Å². The number of nitrogens with zero attached hydrogens (tertiary/aromatic N) is 2. The molecule has 0 radical (unpaired) electrons. The molecule has 1 saturated heterocycles. The molecule has 1 fully saturated rings. The lowest BCUT2D eigenvalue weighted by atomic mass is 10.0. The van der Waals surface area contributed by atoms with Gasteiger partial charge in [0.15, 0.2) is 0 Å². The van der Waals surface area contributed by atoms with Crippen molar-refractivity contribution in [2.45, 2.75) is 25.3 Å². The van der Waals surface area contributed by atoms with Gasteiger partial charge >= 0.3 is 5.97 Å². The maximum Gasteiger partial charge on any atom is 0.328 e. The molecule has 1 aromatic carbocycles. The molecular weight excluding hydrogens is 247 g/mol. The highest BCUT2D eigenvalue weighted by molar-refractivity contribution is 5.80. The van der Waals surface area contributed by atoms with Crippen molar-refractivity contribution in [2.24, 2.45) is 0 Å². The molecule has 1 aliphatic rings. The van der Waals surface area contributed by atoms with Crippen molar-refractivity contribution < 1.29 is 13.9 Å². The zero-order valence-corrected chi connectivity index (χ0v) is 10.7.